The molecule has 66 valence electrons. The van der Waals surface area contributed by atoms with Crippen LogP contribution in [0.1, 0.15) is 46.0 Å². The second-order valence-corrected chi connectivity index (χ2v) is 3.84. The minimum absolute atomic E-state index is 0.420. The summed E-state index contributed by atoms with van der Waals surface area (Å²) in [6.07, 6.45) is 6.25. The lowest BCUT2D eigenvalue weighted by Crippen LogP contribution is -2.02. The molecule has 0 spiro atoms. The van der Waals surface area contributed by atoms with Crippen molar-refractivity contribution in [3.05, 3.63) is 11.1 Å². The maximum absolute atomic E-state index is 8.94. The van der Waals surface area contributed by atoms with Gasteiger partial charge in [0.15, 0.2) is 0 Å². The van der Waals surface area contributed by atoms with Crippen LogP contribution in [0.4, 0.5) is 0 Å². The molecule has 0 aromatic rings. The smallest absolute Gasteiger partial charge is 0.0949 e. The van der Waals surface area contributed by atoms with Crippen LogP contribution in [0.2, 0.25) is 0 Å². The average Bonchev–Trinajstić information content (AvgIpc) is 2.07. The van der Waals surface area contributed by atoms with Crippen LogP contribution in [0.5, 0.6) is 0 Å². The van der Waals surface area contributed by atoms with Gasteiger partial charge in [-0.05, 0) is 31.6 Å². The first-order chi connectivity index (χ1) is 5.75. The van der Waals surface area contributed by atoms with Gasteiger partial charge in [0, 0.05) is 5.57 Å². The highest BCUT2D eigenvalue weighted by molar-refractivity contribution is 5.30. The van der Waals surface area contributed by atoms with E-state index in [0.29, 0.717) is 5.92 Å². The van der Waals surface area contributed by atoms with Gasteiger partial charge in [-0.15, -0.1) is 0 Å². The molecule has 0 aromatic carbocycles. The Hall–Kier alpha value is -0.770. The molecule has 1 nitrogen and oxygen atoms in total. The second kappa shape index (κ2) is 4.30. The van der Waals surface area contributed by atoms with E-state index in [4.69, 9.17) is 5.26 Å². The van der Waals surface area contributed by atoms with Crippen LogP contribution in [0.25, 0.3) is 0 Å². The number of nitrogens with zero attached hydrogens (tertiary/aromatic N) is 1. The topological polar surface area (TPSA) is 23.8 Å². The summed E-state index contributed by atoms with van der Waals surface area (Å²) >= 11 is 0. The van der Waals surface area contributed by atoms with Gasteiger partial charge < -0.3 is 0 Å². The van der Waals surface area contributed by atoms with E-state index in [2.05, 4.69) is 19.9 Å². The minimum atomic E-state index is 0.420. The van der Waals surface area contributed by atoms with Crippen LogP contribution in [0.15, 0.2) is 11.1 Å². The molecule has 1 heteroatoms. The van der Waals surface area contributed by atoms with E-state index in [1.165, 1.54) is 37.7 Å². The Morgan fingerprint density at radius 2 is 1.83 bits per heavy atom. The molecule has 1 saturated carbocycles. The molecule has 0 aliphatic heterocycles. The largest absolute Gasteiger partial charge is 0.193 e. The van der Waals surface area contributed by atoms with Crippen molar-refractivity contribution in [3.63, 3.8) is 0 Å². The van der Waals surface area contributed by atoms with E-state index in [-0.39, 0.29) is 0 Å². The maximum atomic E-state index is 8.94. The highest BCUT2D eigenvalue weighted by atomic mass is 14.3. The monoisotopic (exact) mass is 163 g/mol. The molecule has 0 bridgehead atoms. The summed E-state index contributed by atoms with van der Waals surface area (Å²) < 4.78 is 0. The molecule has 1 rings (SSSR count). The Morgan fingerprint density at radius 1 is 1.25 bits per heavy atom. The third kappa shape index (κ3) is 2.11. The normalized spacial score (nSPS) is 17.7. The Bertz CT molecular complexity index is 210. The van der Waals surface area contributed by atoms with Crippen LogP contribution in [-0.4, -0.2) is 0 Å². The van der Waals surface area contributed by atoms with Gasteiger partial charge in [0.05, 0.1) is 6.07 Å². The van der Waals surface area contributed by atoms with Crippen molar-refractivity contribution in [2.75, 3.05) is 0 Å². The number of hydrogen-bond donors (Lipinski definition) is 0. The van der Waals surface area contributed by atoms with Gasteiger partial charge in [-0.25, -0.2) is 0 Å². The van der Waals surface area contributed by atoms with E-state index in [0.717, 1.165) is 5.57 Å². The van der Waals surface area contributed by atoms with Crippen molar-refractivity contribution < 1.29 is 0 Å². The van der Waals surface area contributed by atoms with Crippen LogP contribution in [0, 0.1) is 17.2 Å². The van der Waals surface area contributed by atoms with Crippen molar-refractivity contribution in [3.8, 4) is 6.07 Å². The van der Waals surface area contributed by atoms with E-state index >= 15 is 0 Å². The standard InChI is InChI=1S/C11H17N/c1-9(2)11(8-12)10-6-4-3-5-7-10/h9H,3-7H2,1-2H3. The molecule has 0 N–H and O–H groups in total. The predicted octanol–water partition coefficient (Wildman–Crippen LogP) is 3.43. The molecule has 0 aromatic heterocycles. The Morgan fingerprint density at radius 3 is 2.25 bits per heavy atom. The first-order valence-corrected chi connectivity index (χ1v) is 4.87. The van der Waals surface area contributed by atoms with Gasteiger partial charge in [0.25, 0.3) is 0 Å². The molecule has 12 heavy (non-hydrogen) atoms. The SMILES string of the molecule is CC(C)C(C#N)=C1CCCCC1. The average molecular weight is 163 g/mol. The van der Waals surface area contributed by atoms with E-state index in [1.54, 1.807) is 0 Å². The number of rotatable bonds is 1. The lowest BCUT2D eigenvalue weighted by molar-refractivity contribution is 0.584. The molecular formula is C11H17N. The predicted molar refractivity (Wildman–Crippen MR) is 50.6 cm³/mol. The fourth-order valence-electron chi connectivity index (χ4n) is 1.86. The highest BCUT2D eigenvalue weighted by Crippen LogP contribution is 2.28. The van der Waals surface area contributed by atoms with Crippen molar-refractivity contribution in [1.82, 2.24) is 0 Å². The second-order valence-electron chi connectivity index (χ2n) is 3.84. The quantitative estimate of drug-likeness (QED) is 0.543. The van der Waals surface area contributed by atoms with Crippen molar-refractivity contribution in [1.29, 1.82) is 5.26 Å². The Kier molecular flexibility index (Phi) is 3.34. The van der Waals surface area contributed by atoms with Crippen molar-refractivity contribution in [2.45, 2.75) is 46.0 Å². The number of allylic oxidation sites excluding steroid dienone is 2. The number of nitriles is 1. The Balaban J connectivity index is 2.77. The summed E-state index contributed by atoms with van der Waals surface area (Å²) in [5, 5.41) is 8.94. The molecule has 1 aliphatic carbocycles. The van der Waals surface area contributed by atoms with E-state index in [1.807, 2.05) is 0 Å². The van der Waals surface area contributed by atoms with E-state index < -0.39 is 0 Å². The molecule has 1 aliphatic rings. The van der Waals surface area contributed by atoms with Gasteiger partial charge in [-0.3, -0.25) is 0 Å². The van der Waals surface area contributed by atoms with Gasteiger partial charge in [-0.1, -0.05) is 25.8 Å². The highest BCUT2D eigenvalue weighted by Gasteiger charge is 2.12. The van der Waals surface area contributed by atoms with Gasteiger partial charge in [-0.2, -0.15) is 5.26 Å². The van der Waals surface area contributed by atoms with Crippen LogP contribution >= 0.6 is 0 Å². The summed E-state index contributed by atoms with van der Waals surface area (Å²) in [4.78, 5) is 0. The first kappa shape index (κ1) is 9.32. The molecular weight excluding hydrogens is 146 g/mol. The third-order valence-corrected chi connectivity index (χ3v) is 2.54. The van der Waals surface area contributed by atoms with Crippen molar-refractivity contribution in [2.24, 2.45) is 5.92 Å². The third-order valence-electron chi connectivity index (χ3n) is 2.54. The molecule has 0 amide bonds. The summed E-state index contributed by atoms with van der Waals surface area (Å²) in [5.41, 5.74) is 2.48. The first-order valence-electron chi connectivity index (χ1n) is 4.87. The van der Waals surface area contributed by atoms with Crippen molar-refractivity contribution >= 4 is 0 Å². The van der Waals surface area contributed by atoms with Crippen LogP contribution < -0.4 is 0 Å². The Labute approximate surface area is 75.1 Å². The summed E-state index contributed by atoms with van der Waals surface area (Å²) in [6, 6.07) is 2.35. The molecule has 0 heterocycles. The zero-order valence-electron chi connectivity index (χ0n) is 8.06. The molecule has 0 unspecified atom stereocenters. The zero-order chi connectivity index (χ0) is 8.97. The molecule has 1 fully saturated rings. The maximum Gasteiger partial charge on any atom is 0.0949 e. The van der Waals surface area contributed by atoms with Crippen LogP contribution in [-0.2, 0) is 0 Å². The minimum Gasteiger partial charge on any atom is -0.193 e. The summed E-state index contributed by atoms with van der Waals surface area (Å²) in [5.74, 6) is 0.420. The van der Waals surface area contributed by atoms with Gasteiger partial charge in [0.1, 0.15) is 0 Å². The molecule has 0 atom stereocenters. The van der Waals surface area contributed by atoms with Gasteiger partial charge >= 0.3 is 0 Å². The lowest BCUT2D eigenvalue weighted by atomic mass is 9.87. The van der Waals surface area contributed by atoms with Crippen LogP contribution in [0.3, 0.4) is 0 Å². The van der Waals surface area contributed by atoms with Gasteiger partial charge in [0.2, 0.25) is 0 Å². The molecule has 0 saturated heterocycles. The lowest BCUT2D eigenvalue weighted by Gasteiger charge is -2.17. The molecule has 0 radical (unpaired) electrons. The fraction of sp³-hybridized carbons (Fsp3) is 0.727. The fourth-order valence-corrected chi connectivity index (χ4v) is 1.86. The number of hydrogen-bond acceptors (Lipinski definition) is 1. The van der Waals surface area contributed by atoms with E-state index in [9.17, 15) is 0 Å². The zero-order valence-corrected chi connectivity index (χ0v) is 8.06. The summed E-state index contributed by atoms with van der Waals surface area (Å²) in [6.45, 7) is 4.22. The summed E-state index contributed by atoms with van der Waals surface area (Å²) in [7, 11) is 0.